The van der Waals surface area contributed by atoms with Gasteiger partial charge < -0.3 is 10.6 Å². The molecule has 124 valence electrons. The smallest absolute Gasteiger partial charge is 0.264 e. The van der Waals surface area contributed by atoms with Crippen LogP contribution >= 0.6 is 35.3 Å². The Labute approximate surface area is 151 Å². The summed E-state index contributed by atoms with van der Waals surface area (Å²) in [6.07, 6.45) is 0.998. The molecule has 1 aromatic carbocycles. The molecule has 0 saturated carbocycles. The molecule has 1 amide bonds. The number of benzene rings is 1. The van der Waals surface area contributed by atoms with E-state index in [0.717, 1.165) is 33.3 Å². The van der Waals surface area contributed by atoms with Gasteiger partial charge in [-0.1, -0.05) is 23.7 Å². The molecular formula is C17H20Cl2N2OS. The van der Waals surface area contributed by atoms with Crippen molar-refractivity contribution in [3.8, 4) is 10.4 Å². The number of nitrogens with zero attached hydrogens (tertiary/aromatic N) is 1. The van der Waals surface area contributed by atoms with Crippen molar-refractivity contribution in [3.05, 3.63) is 46.3 Å². The number of nitrogens with two attached hydrogens (primary N) is 1. The van der Waals surface area contributed by atoms with E-state index in [1.807, 2.05) is 41.3 Å². The predicted molar refractivity (Wildman–Crippen MR) is 99.7 cm³/mol. The van der Waals surface area contributed by atoms with Gasteiger partial charge in [-0.05, 0) is 55.6 Å². The number of halogens is 2. The summed E-state index contributed by atoms with van der Waals surface area (Å²) in [4.78, 5) is 16.5. The normalized spacial score (nSPS) is 20.4. The molecule has 2 aromatic rings. The minimum Gasteiger partial charge on any atom is -0.335 e. The van der Waals surface area contributed by atoms with E-state index in [2.05, 4.69) is 6.92 Å². The molecule has 1 aliphatic heterocycles. The van der Waals surface area contributed by atoms with E-state index in [0.29, 0.717) is 12.5 Å². The average molecular weight is 371 g/mol. The standard InChI is InChI=1S/C17H19ClN2OS.ClH/c1-11-8-12(9-19)10-20(11)17(21)16-7-6-15(22-16)13-2-4-14(18)5-3-13;/h2-7,11-12H,8-10,19H2,1H3;1H. The van der Waals surface area contributed by atoms with Crippen molar-refractivity contribution in [1.82, 2.24) is 4.90 Å². The highest BCUT2D eigenvalue weighted by Gasteiger charge is 2.32. The van der Waals surface area contributed by atoms with E-state index in [1.54, 1.807) is 0 Å². The summed E-state index contributed by atoms with van der Waals surface area (Å²) in [6.45, 7) is 3.51. The second kappa shape index (κ2) is 7.67. The zero-order valence-electron chi connectivity index (χ0n) is 12.9. The Balaban J connectivity index is 0.00000192. The third-order valence-corrected chi connectivity index (χ3v) is 5.58. The topological polar surface area (TPSA) is 46.3 Å². The van der Waals surface area contributed by atoms with Gasteiger partial charge in [0.2, 0.25) is 0 Å². The van der Waals surface area contributed by atoms with Gasteiger partial charge >= 0.3 is 0 Å². The quantitative estimate of drug-likeness (QED) is 0.875. The molecule has 0 aliphatic carbocycles. The fraction of sp³-hybridized carbons (Fsp3) is 0.353. The van der Waals surface area contributed by atoms with Gasteiger partial charge in [-0.15, -0.1) is 23.7 Å². The first-order chi connectivity index (χ1) is 10.6. The largest absolute Gasteiger partial charge is 0.335 e. The summed E-state index contributed by atoms with van der Waals surface area (Å²) in [5, 5.41) is 0.718. The van der Waals surface area contributed by atoms with Crippen LogP contribution in [0, 0.1) is 5.92 Å². The monoisotopic (exact) mass is 370 g/mol. The van der Waals surface area contributed by atoms with Crippen LogP contribution in [0.15, 0.2) is 36.4 Å². The minimum atomic E-state index is 0. The number of hydrogen-bond acceptors (Lipinski definition) is 3. The molecule has 6 heteroatoms. The Kier molecular flexibility index (Phi) is 6.09. The molecular weight excluding hydrogens is 351 g/mol. The summed E-state index contributed by atoms with van der Waals surface area (Å²) in [6, 6.07) is 11.9. The van der Waals surface area contributed by atoms with Crippen molar-refractivity contribution in [2.75, 3.05) is 13.1 Å². The van der Waals surface area contributed by atoms with Gasteiger partial charge in [0, 0.05) is 22.5 Å². The predicted octanol–water partition coefficient (Wildman–Crippen LogP) is 4.30. The van der Waals surface area contributed by atoms with Crippen LogP contribution in [0.4, 0.5) is 0 Å². The van der Waals surface area contributed by atoms with E-state index < -0.39 is 0 Å². The molecule has 0 spiro atoms. The van der Waals surface area contributed by atoms with Crippen LogP contribution in [0.25, 0.3) is 10.4 Å². The molecule has 3 rings (SSSR count). The summed E-state index contributed by atoms with van der Waals surface area (Å²) in [5.41, 5.74) is 6.83. The third kappa shape index (κ3) is 3.89. The maximum atomic E-state index is 12.7. The van der Waals surface area contributed by atoms with E-state index in [-0.39, 0.29) is 24.4 Å². The number of amides is 1. The van der Waals surface area contributed by atoms with Gasteiger partial charge in [-0.2, -0.15) is 0 Å². The molecule has 3 nitrogen and oxygen atoms in total. The van der Waals surface area contributed by atoms with E-state index in [1.165, 1.54) is 11.3 Å². The number of likely N-dealkylation sites (tertiary alicyclic amines) is 1. The zero-order chi connectivity index (χ0) is 15.7. The van der Waals surface area contributed by atoms with Gasteiger partial charge in [0.1, 0.15) is 0 Å². The van der Waals surface area contributed by atoms with Crippen molar-refractivity contribution < 1.29 is 4.79 Å². The Morgan fingerprint density at radius 1 is 1.30 bits per heavy atom. The first kappa shape index (κ1) is 18.3. The van der Waals surface area contributed by atoms with E-state index >= 15 is 0 Å². The molecule has 1 fully saturated rings. The highest BCUT2D eigenvalue weighted by Crippen LogP contribution is 2.31. The van der Waals surface area contributed by atoms with E-state index in [9.17, 15) is 4.79 Å². The Hall–Kier alpha value is -1.07. The van der Waals surface area contributed by atoms with Gasteiger partial charge in [0.15, 0.2) is 0 Å². The van der Waals surface area contributed by atoms with E-state index in [4.69, 9.17) is 17.3 Å². The van der Waals surface area contributed by atoms with Crippen LogP contribution < -0.4 is 5.73 Å². The van der Waals surface area contributed by atoms with Gasteiger partial charge in [0.05, 0.1) is 4.88 Å². The van der Waals surface area contributed by atoms with Crippen molar-refractivity contribution in [3.63, 3.8) is 0 Å². The fourth-order valence-electron chi connectivity index (χ4n) is 2.96. The molecule has 1 aliphatic rings. The van der Waals surface area contributed by atoms with Crippen molar-refractivity contribution in [2.24, 2.45) is 11.7 Å². The number of hydrogen-bond donors (Lipinski definition) is 1. The zero-order valence-corrected chi connectivity index (χ0v) is 15.3. The summed E-state index contributed by atoms with van der Waals surface area (Å²) in [5.74, 6) is 0.545. The number of carbonyl (C=O) groups is 1. The number of rotatable bonds is 3. The maximum Gasteiger partial charge on any atom is 0.264 e. The highest BCUT2D eigenvalue weighted by molar-refractivity contribution is 7.17. The van der Waals surface area contributed by atoms with Gasteiger partial charge in [-0.3, -0.25) is 4.79 Å². The fourth-order valence-corrected chi connectivity index (χ4v) is 4.05. The second-order valence-corrected chi connectivity index (χ2v) is 7.33. The van der Waals surface area contributed by atoms with Crippen molar-refractivity contribution in [2.45, 2.75) is 19.4 Å². The first-order valence-electron chi connectivity index (χ1n) is 7.45. The van der Waals surface area contributed by atoms with Crippen LogP contribution in [0.2, 0.25) is 5.02 Å². The molecule has 1 saturated heterocycles. The SMILES string of the molecule is CC1CC(CN)CN1C(=O)c1ccc(-c2ccc(Cl)cc2)s1.Cl. The molecule has 2 heterocycles. The molecule has 23 heavy (non-hydrogen) atoms. The summed E-state index contributed by atoms with van der Waals surface area (Å²) < 4.78 is 0. The second-order valence-electron chi connectivity index (χ2n) is 5.81. The van der Waals surface area contributed by atoms with Gasteiger partial charge in [0.25, 0.3) is 5.91 Å². The molecule has 2 atom stereocenters. The van der Waals surface area contributed by atoms with Crippen molar-refractivity contribution >= 4 is 41.3 Å². The Morgan fingerprint density at radius 2 is 2.00 bits per heavy atom. The Morgan fingerprint density at radius 3 is 2.61 bits per heavy atom. The van der Waals surface area contributed by atoms with Crippen LogP contribution in [0.5, 0.6) is 0 Å². The summed E-state index contributed by atoms with van der Waals surface area (Å²) >= 11 is 7.45. The highest BCUT2D eigenvalue weighted by atomic mass is 35.5. The van der Waals surface area contributed by atoms with Crippen LogP contribution in [-0.2, 0) is 0 Å². The summed E-state index contributed by atoms with van der Waals surface area (Å²) in [7, 11) is 0. The molecule has 2 unspecified atom stereocenters. The van der Waals surface area contributed by atoms with Crippen LogP contribution in [0.3, 0.4) is 0 Å². The first-order valence-corrected chi connectivity index (χ1v) is 8.64. The lowest BCUT2D eigenvalue weighted by Crippen LogP contribution is -2.33. The Bertz CT molecular complexity index is 671. The van der Waals surface area contributed by atoms with Crippen LogP contribution in [-0.4, -0.2) is 29.9 Å². The average Bonchev–Trinajstić information content (AvgIpc) is 3.14. The molecule has 2 N–H and O–H groups in total. The maximum absolute atomic E-state index is 12.7. The lowest BCUT2D eigenvalue weighted by Gasteiger charge is -2.20. The number of carbonyl (C=O) groups excluding carboxylic acids is 1. The lowest BCUT2D eigenvalue weighted by atomic mass is 10.1. The van der Waals surface area contributed by atoms with Crippen LogP contribution in [0.1, 0.15) is 23.0 Å². The lowest BCUT2D eigenvalue weighted by molar-refractivity contribution is 0.0748. The molecule has 1 aromatic heterocycles. The van der Waals surface area contributed by atoms with Crippen molar-refractivity contribution in [1.29, 1.82) is 0 Å². The minimum absolute atomic E-state index is 0. The molecule has 0 radical (unpaired) electrons. The number of thiophene rings is 1. The third-order valence-electron chi connectivity index (χ3n) is 4.20. The molecule has 0 bridgehead atoms. The van der Waals surface area contributed by atoms with Gasteiger partial charge in [-0.25, -0.2) is 0 Å².